The number of rotatable bonds is 4. The summed E-state index contributed by atoms with van der Waals surface area (Å²) in [5.41, 5.74) is 2.33. The van der Waals surface area contributed by atoms with Crippen LogP contribution in [0.5, 0.6) is 0 Å². The highest BCUT2D eigenvalue weighted by molar-refractivity contribution is 6.30. The molecule has 3 nitrogen and oxygen atoms in total. The molecule has 0 aliphatic carbocycles. The van der Waals surface area contributed by atoms with Crippen LogP contribution in [0.3, 0.4) is 0 Å². The summed E-state index contributed by atoms with van der Waals surface area (Å²) in [6, 6.07) is 8.19. The zero-order valence-corrected chi connectivity index (χ0v) is 10.8. The summed E-state index contributed by atoms with van der Waals surface area (Å²) in [5, 5.41) is 4.20. The van der Waals surface area contributed by atoms with E-state index in [9.17, 15) is 0 Å². The van der Waals surface area contributed by atoms with Gasteiger partial charge in [-0.05, 0) is 31.5 Å². The van der Waals surface area contributed by atoms with Gasteiger partial charge in [-0.15, -0.1) is 0 Å². The van der Waals surface area contributed by atoms with E-state index >= 15 is 0 Å². The van der Waals surface area contributed by atoms with E-state index in [1.807, 2.05) is 37.4 Å². The highest BCUT2D eigenvalue weighted by Gasteiger charge is 2.05. The topological polar surface area (TPSA) is 40.7 Å². The number of hydrogen-bond acceptors (Lipinski definition) is 2. The first-order valence-electron chi connectivity index (χ1n) is 5.64. The molecule has 4 heteroatoms. The van der Waals surface area contributed by atoms with Crippen LogP contribution in [0.4, 0.5) is 0 Å². The van der Waals surface area contributed by atoms with Gasteiger partial charge in [0.1, 0.15) is 5.82 Å². The molecule has 1 aromatic carbocycles. The van der Waals surface area contributed by atoms with Crippen molar-refractivity contribution in [1.29, 1.82) is 0 Å². The predicted octanol–water partition coefficient (Wildman–Crippen LogP) is 3.22. The monoisotopic (exact) mass is 249 g/mol. The van der Waals surface area contributed by atoms with E-state index in [0.29, 0.717) is 0 Å². The van der Waals surface area contributed by atoms with Gasteiger partial charge in [-0.3, -0.25) is 0 Å². The first-order valence-corrected chi connectivity index (χ1v) is 6.02. The van der Waals surface area contributed by atoms with Crippen molar-refractivity contribution >= 4 is 11.6 Å². The minimum absolute atomic E-state index is 0.288. The van der Waals surface area contributed by atoms with E-state index in [1.54, 1.807) is 0 Å². The van der Waals surface area contributed by atoms with Gasteiger partial charge in [-0.25, -0.2) is 4.98 Å². The van der Waals surface area contributed by atoms with Gasteiger partial charge in [0.2, 0.25) is 0 Å². The van der Waals surface area contributed by atoms with E-state index in [0.717, 1.165) is 23.1 Å². The van der Waals surface area contributed by atoms with Crippen molar-refractivity contribution in [3.63, 3.8) is 0 Å². The summed E-state index contributed by atoms with van der Waals surface area (Å²) in [6.45, 7) is 4.86. The summed E-state index contributed by atoms with van der Waals surface area (Å²) in [7, 11) is 0. The minimum atomic E-state index is 0.288. The summed E-state index contributed by atoms with van der Waals surface area (Å²) in [4.78, 5) is 7.36. The third kappa shape index (κ3) is 3.32. The third-order valence-corrected chi connectivity index (χ3v) is 2.98. The van der Waals surface area contributed by atoms with Gasteiger partial charge in [-0.2, -0.15) is 0 Å². The summed E-state index contributed by atoms with van der Waals surface area (Å²) in [5.74, 6) is 0.945. The Morgan fingerprint density at radius 1 is 1.35 bits per heavy atom. The number of halogens is 1. The summed E-state index contributed by atoms with van der Waals surface area (Å²) < 4.78 is 0. The van der Waals surface area contributed by atoms with Crippen LogP contribution in [0.15, 0.2) is 30.5 Å². The molecule has 0 spiro atoms. The maximum Gasteiger partial charge on any atom is 0.103 e. The van der Waals surface area contributed by atoms with Gasteiger partial charge < -0.3 is 10.3 Å². The van der Waals surface area contributed by atoms with Crippen LogP contribution in [0.2, 0.25) is 5.02 Å². The molecule has 1 aromatic heterocycles. The lowest BCUT2D eigenvalue weighted by Crippen LogP contribution is -2.18. The lowest BCUT2D eigenvalue weighted by atomic mass is 10.1. The van der Waals surface area contributed by atoms with Gasteiger partial charge in [0.15, 0.2) is 0 Å². The largest absolute Gasteiger partial charge is 0.345 e. The van der Waals surface area contributed by atoms with Gasteiger partial charge in [-0.1, -0.05) is 23.7 Å². The molecule has 0 aliphatic heterocycles. The van der Waals surface area contributed by atoms with Gasteiger partial charge >= 0.3 is 0 Å². The maximum absolute atomic E-state index is 5.86. The molecule has 1 atom stereocenters. The van der Waals surface area contributed by atoms with E-state index in [4.69, 9.17) is 11.6 Å². The average Bonchev–Trinajstić information content (AvgIpc) is 2.73. The highest BCUT2D eigenvalue weighted by atomic mass is 35.5. The molecule has 2 rings (SSSR count). The SMILES string of the molecule is Cc1ncc(CN[C@H](C)c2ccc(Cl)cc2)[nH]1. The lowest BCUT2D eigenvalue weighted by molar-refractivity contribution is 0.568. The number of nitrogens with one attached hydrogen (secondary N) is 2. The first-order chi connectivity index (χ1) is 8.15. The number of aromatic nitrogens is 2. The number of hydrogen-bond donors (Lipinski definition) is 2. The lowest BCUT2D eigenvalue weighted by Gasteiger charge is -2.13. The van der Waals surface area contributed by atoms with Crippen molar-refractivity contribution in [2.24, 2.45) is 0 Å². The minimum Gasteiger partial charge on any atom is -0.345 e. The maximum atomic E-state index is 5.86. The Morgan fingerprint density at radius 2 is 2.06 bits per heavy atom. The molecule has 2 N–H and O–H groups in total. The highest BCUT2D eigenvalue weighted by Crippen LogP contribution is 2.16. The molecular formula is C13H16ClN3. The Balaban J connectivity index is 1.93. The van der Waals surface area contributed by atoms with Crippen molar-refractivity contribution in [3.05, 3.63) is 52.6 Å². The van der Waals surface area contributed by atoms with Crippen LogP contribution in [0.1, 0.15) is 30.0 Å². The third-order valence-electron chi connectivity index (χ3n) is 2.72. The van der Waals surface area contributed by atoms with Crippen molar-refractivity contribution in [2.75, 3.05) is 0 Å². The second kappa shape index (κ2) is 5.34. The van der Waals surface area contributed by atoms with Crippen molar-refractivity contribution in [1.82, 2.24) is 15.3 Å². The fraction of sp³-hybridized carbons (Fsp3) is 0.308. The predicted molar refractivity (Wildman–Crippen MR) is 70.0 cm³/mol. The molecular weight excluding hydrogens is 234 g/mol. The molecule has 0 amide bonds. The van der Waals surface area contributed by atoms with Crippen LogP contribution in [-0.2, 0) is 6.54 Å². The Morgan fingerprint density at radius 3 is 2.65 bits per heavy atom. The van der Waals surface area contributed by atoms with Gasteiger partial charge in [0, 0.05) is 29.5 Å². The smallest absolute Gasteiger partial charge is 0.103 e. The van der Waals surface area contributed by atoms with E-state index in [-0.39, 0.29) is 6.04 Å². The van der Waals surface area contributed by atoms with Crippen LogP contribution >= 0.6 is 11.6 Å². The second-order valence-electron chi connectivity index (χ2n) is 4.15. The van der Waals surface area contributed by atoms with E-state index in [2.05, 4.69) is 22.2 Å². The first kappa shape index (κ1) is 12.1. The Kier molecular flexibility index (Phi) is 3.82. The Labute approximate surface area is 106 Å². The fourth-order valence-corrected chi connectivity index (χ4v) is 1.82. The van der Waals surface area contributed by atoms with Crippen LogP contribution < -0.4 is 5.32 Å². The van der Waals surface area contributed by atoms with Crippen molar-refractivity contribution in [2.45, 2.75) is 26.4 Å². The molecule has 17 heavy (non-hydrogen) atoms. The average molecular weight is 250 g/mol. The van der Waals surface area contributed by atoms with E-state index in [1.165, 1.54) is 5.56 Å². The number of benzene rings is 1. The molecule has 0 bridgehead atoms. The van der Waals surface area contributed by atoms with Crippen LogP contribution in [-0.4, -0.2) is 9.97 Å². The number of aromatic amines is 1. The zero-order chi connectivity index (χ0) is 12.3. The quantitative estimate of drug-likeness (QED) is 0.874. The molecule has 0 unspecified atom stereocenters. The molecule has 0 saturated heterocycles. The summed E-state index contributed by atoms with van der Waals surface area (Å²) in [6.07, 6.45) is 1.86. The number of nitrogens with zero attached hydrogens (tertiary/aromatic N) is 1. The second-order valence-corrected chi connectivity index (χ2v) is 4.58. The van der Waals surface area contributed by atoms with Crippen molar-refractivity contribution < 1.29 is 0 Å². The fourth-order valence-electron chi connectivity index (χ4n) is 1.69. The zero-order valence-electron chi connectivity index (χ0n) is 10.00. The molecule has 0 radical (unpaired) electrons. The standard InChI is InChI=1S/C13H16ClN3/c1-9(11-3-5-12(14)6-4-11)15-7-13-8-16-10(2)17-13/h3-6,8-9,15H,7H2,1-2H3,(H,16,17)/t9-/m1/s1. The molecule has 90 valence electrons. The molecule has 0 aliphatic rings. The van der Waals surface area contributed by atoms with Crippen LogP contribution in [0.25, 0.3) is 0 Å². The normalized spacial score (nSPS) is 12.6. The number of imidazole rings is 1. The van der Waals surface area contributed by atoms with Gasteiger partial charge in [0.05, 0.1) is 0 Å². The molecule has 0 fully saturated rings. The Hall–Kier alpha value is -1.32. The molecule has 0 saturated carbocycles. The number of H-pyrrole nitrogens is 1. The summed E-state index contributed by atoms with van der Waals surface area (Å²) >= 11 is 5.86. The molecule has 2 aromatic rings. The van der Waals surface area contributed by atoms with Crippen molar-refractivity contribution in [3.8, 4) is 0 Å². The van der Waals surface area contributed by atoms with Crippen LogP contribution in [0, 0.1) is 6.92 Å². The van der Waals surface area contributed by atoms with Gasteiger partial charge in [0.25, 0.3) is 0 Å². The van der Waals surface area contributed by atoms with E-state index < -0.39 is 0 Å². The molecule has 1 heterocycles. The Bertz CT molecular complexity index is 476. The number of aryl methyl sites for hydroxylation is 1.